The fourth-order valence-electron chi connectivity index (χ4n) is 1.80. The van der Waals surface area contributed by atoms with Crippen molar-refractivity contribution < 1.29 is 14.6 Å². The lowest BCUT2D eigenvalue weighted by atomic mass is 9.86. The fourth-order valence-corrected chi connectivity index (χ4v) is 1.98. The molecule has 0 aliphatic heterocycles. The first-order chi connectivity index (χ1) is 9.52. The van der Waals surface area contributed by atoms with Crippen LogP contribution in [0.1, 0.15) is 40.2 Å². The minimum atomic E-state index is -0.562. The van der Waals surface area contributed by atoms with E-state index in [0.29, 0.717) is 17.1 Å². The number of halogens is 1. The number of hydrogen-bond acceptors (Lipinski definition) is 3. The van der Waals surface area contributed by atoms with E-state index in [0.717, 1.165) is 5.56 Å². The molecule has 2 N–H and O–H groups in total. The van der Waals surface area contributed by atoms with Crippen LogP contribution in [0.15, 0.2) is 18.2 Å². The summed E-state index contributed by atoms with van der Waals surface area (Å²) < 4.78 is 5.25. The summed E-state index contributed by atoms with van der Waals surface area (Å²) in [6.07, 6.45) is 0.0963. The Morgan fingerprint density at radius 3 is 2.43 bits per heavy atom. The first-order valence-corrected chi connectivity index (χ1v) is 7.29. The van der Waals surface area contributed by atoms with Gasteiger partial charge in [0.05, 0.1) is 0 Å². The Kier molecular flexibility index (Phi) is 5.65. The summed E-state index contributed by atoms with van der Waals surface area (Å²) >= 11 is 6.00. The van der Waals surface area contributed by atoms with Crippen molar-refractivity contribution in [3.05, 3.63) is 28.8 Å². The molecule has 0 aliphatic rings. The van der Waals surface area contributed by atoms with E-state index in [2.05, 4.69) is 5.32 Å². The second-order valence-electron chi connectivity index (χ2n) is 6.93. The second-order valence-corrected chi connectivity index (χ2v) is 7.36. The molecule has 4 nitrogen and oxygen atoms in total. The first-order valence-electron chi connectivity index (χ1n) is 6.92. The van der Waals surface area contributed by atoms with Crippen LogP contribution in [0.3, 0.4) is 0 Å². The molecule has 118 valence electrons. The molecule has 21 heavy (non-hydrogen) atoms. The summed E-state index contributed by atoms with van der Waals surface area (Å²) in [6, 6.07) is 5.31. The van der Waals surface area contributed by atoms with Gasteiger partial charge in [-0.25, -0.2) is 4.79 Å². The van der Waals surface area contributed by atoms with Gasteiger partial charge in [-0.15, -0.1) is 0 Å². The number of ether oxygens (including phenoxy) is 1. The molecule has 0 fully saturated rings. The van der Waals surface area contributed by atoms with Crippen molar-refractivity contribution in [1.29, 1.82) is 0 Å². The van der Waals surface area contributed by atoms with Crippen molar-refractivity contribution in [2.45, 2.75) is 46.6 Å². The van der Waals surface area contributed by atoms with Crippen molar-refractivity contribution in [3.63, 3.8) is 0 Å². The van der Waals surface area contributed by atoms with Crippen LogP contribution in [0.4, 0.5) is 10.5 Å². The smallest absolute Gasteiger partial charge is 0.412 e. The maximum atomic E-state index is 11.9. The van der Waals surface area contributed by atoms with Gasteiger partial charge in [-0.2, -0.15) is 0 Å². The topological polar surface area (TPSA) is 58.6 Å². The van der Waals surface area contributed by atoms with Gasteiger partial charge in [0.25, 0.3) is 0 Å². The molecule has 0 radical (unpaired) electrons. The summed E-state index contributed by atoms with van der Waals surface area (Å²) in [5, 5.41) is 12.7. The van der Waals surface area contributed by atoms with E-state index in [4.69, 9.17) is 16.3 Å². The number of aliphatic hydroxyl groups is 1. The van der Waals surface area contributed by atoms with Gasteiger partial charge in [0, 0.05) is 17.3 Å². The fraction of sp³-hybridized carbons (Fsp3) is 0.562. The lowest BCUT2D eigenvalue weighted by Gasteiger charge is -2.24. The van der Waals surface area contributed by atoms with E-state index in [1.165, 1.54) is 0 Å². The number of benzene rings is 1. The maximum absolute atomic E-state index is 11.9. The van der Waals surface area contributed by atoms with Gasteiger partial charge in [0.15, 0.2) is 0 Å². The molecule has 0 aliphatic carbocycles. The second kappa shape index (κ2) is 6.67. The average molecular weight is 314 g/mol. The third-order valence-corrected chi connectivity index (χ3v) is 3.04. The Morgan fingerprint density at radius 1 is 1.29 bits per heavy atom. The third kappa shape index (κ3) is 6.36. The average Bonchev–Trinajstić information content (AvgIpc) is 2.30. The third-order valence-electron chi connectivity index (χ3n) is 2.80. The zero-order valence-electron chi connectivity index (χ0n) is 13.3. The summed E-state index contributed by atoms with van der Waals surface area (Å²) in [5.74, 6) is 0. The van der Waals surface area contributed by atoms with Crippen LogP contribution in [0.2, 0.25) is 5.02 Å². The van der Waals surface area contributed by atoms with E-state index in [-0.39, 0.29) is 12.0 Å². The Hall–Kier alpha value is -1.26. The molecule has 0 spiro atoms. The highest BCUT2D eigenvalue weighted by atomic mass is 35.5. The van der Waals surface area contributed by atoms with Gasteiger partial charge in [0.2, 0.25) is 0 Å². The van der Waals surface area contributed by atoms with Gasteiger partial charge in [0.1, 0.15) is 5.60 Å². The zero-order valence-corrected chi connectivity index (χ0v) is 14.0. The molecule has 0 saturated carbocycles. The van der Waals surface area contributed by atoms with Crippen LogP contribution in [0.25, 0.3) is 0 Å². The van der Waals surface area contributed by atoms with Gasteiger partial charge >= 0.3 is 6.09 Å². The van der Waals surface area contributed by atoms with Crippen LogP contribution < -0.4 is 5.32 Å². The molecule has 1 aromatic rings. The number of carbonyl (C=O) groups excluding carboxylic acids is 1. The highest BCUT2D eigenvalue weighted by molar-refractivity contribution is 6.31. The largest absolute Gasteiger partial charge is 0.444 e. The van der Waals surface area contributed by atoms with Gasteiger partial charge in [-0.05, 0) is 50.3 Å². The monoisotopic (exact) mass is 313 g/mol. The molecule has 0 unspecified atom stereocenters. The molecule has 1 rings (SSSR count). The summed E-state index contributed by atoms with van der Waals surface area (Å²) in [5.41, 5.74) is 0.674. The predicted molar refractivity (Wildman–Crippen MR) is 85.9 cm³/mol. The van der Waals surface area contributed by atoms with Crippen molar-refractivity contribution >= 4 is 23.4 Å². The standard InChI is InChI=1S/C16H24ClNO3/c1-15(2,3)21-14(20)18-13-8-12(17)7-6-11(13)9-16(4,5)10-19/h6-8,19H,9-10H2,1-5H3,(H,18,20). The number of hydrogen-bond donors (Lipinski definition) is 2. The van der Waals surface area contributed by atoms with Crippen LogP contribution in [-0.2, 0) is 11.2 Å². The molecule has 1 amide bonds. The maximum Gasteiger partial charge on any atom is 0.412 e. The summed E-state index contributed by atoms with van der Waals surface area (Å²) in [6.45, 7) is 9.39. The molecule has 1 aromatic carbocycles. The van der Waals surface area contributed by atoms with Gasteiger partial charge < -0.3 is 9.84 Å². The van der Waals surface area contributed by atoms with Gasteiger partial charge in [-0.3, -0.25) is 5.32 Å². The highest BCUT2D eigenvalue weighted by Gasteiger charge is 2.21. The minimum Gasteiger partial charge on any atom is -0.444 e. The van der Waals surface area contributed by atoms with E-state index < -0.39 is 11.7 Å². The number of anilines is 1. The predicted octanol–water partition coefficient (Wildman–Crippen LogP) is 4.25. The summed E-state index contributed by atoms with van der Waals surface area (Å²) in [4.78, 5) is 11.9. The highest BCUT2D eigenvalue weighted by Crippen LogP contribution is 2.28. The summed E-state index contributed by atoms with van der Waals surface area (Å²) in [7, 11) is 0. The van der Waals surface area contributed by atoms with Crippen LogP contribution in [-0.4, -0.2) is 23.4 Å². The zero-order chi connectivity index (χ0) is 16.3. The number of aliphatic hydroxyl groups excluding tert-OH is 1. The number of rotatable bonds is 4. The quantitative estimate of drug-likeness (QED) is 0.873. The minimum absolute atomic E-state index is 0.0570. The first kappa shape index (κ1) is 17.8. The number of nitrogens with one attached hydrogen (secondary N) is 1. The lowest BCUT2D eigenvalue weighted by Crippen LogP contribution is -2.28. The van der Waals surface area contributed by atoms with Crippen molar-refractivity contribution in [1.82, 2.24) is 0 Å². The van der Waals surface area contributed by atoms with E-state index >= 15 is 0 Å². The normalized spacial score (nSPS) is 12.1. The Bertz CT molecular complexity index is 507. The van der Waals surface area contributed by atoms with Gasteiger partial charge in [-0.1, -0.05) is 31.5 Å². The van der Waals surface area contributed by atoms with E-state index in [1.54, 1.807) is 32.9 Å². The molecule has 0 aromatic heterocycles. The van der Waals surface area contributed by atoms with Crippen molar-refractivity contribution in [2.24, 2.45) is 5.41 Å². The van der Waals surface area contributed by atoms with Crippen molar-refractivity contribution in [2.75, 3.05) is 11.9 Å². The number of amides is 1. The molecular formula is C16H24ClNO3. The molecule has 0 atom stereocenters. The van der Waals surface area contributed by atoms with E-state index in [1.807, 2.05) is 19.9 Å². The number of carbonyl (C=O) groups is 1. The lowest BCUT2D eigenvalue weighted by molar-refractivity contribution is 0.0635. The molecule has 5 heteroatoms. The van der Waals surface area contributed by atoms with Crippen molar-refractivity contribution in [3.8, 4) is 0 Å². The molecule has 0 saturated heterocycles. The Morgan fingerprint density at radius 2 is 1.90 bits per heavy atom. The van der Waals surface area contributed by atoms with Crippen LogP contribution in [0, 0.1) is 5.41 Å². The Balaban J connectivity index is 2.95. The SMILES string of the molecule is CC(C)(CO)Cc1ccc(Cl)cc1NC(=O)OC(C)(C)C. The Labute approximate surface area is 131 Å². The van der Waals surface area contributed by atoms with E-state index in [9.17, 15) is 9.90 Å². The van der Waals surface area contributed by atoms with Crippen LogP contribution >= 0.6 is 11.6 Å². The van der Waals surface area contributed by atoms with Crippen LogP contribution in [0.5, 0.6) is 0 Å². The molecular weight excluding hydrogens is 290 g/mol. The molecule has 0 bridgehead atoms. The molecule has 0 heterocycles.